The topological polar surface area (TPSA) is 75.7 Å². The van der Waals surface area contributed by atoms with Gasteiger partial charge in [0.15, 0.2) is 5.65 Å². The molecule has 0 radical (unpaired) electrons. The number of unbranched alkanes of at least 4 members (excludes halogenated alkanes) is 5. The summed E-state index contributed by atoms with van der Waals surface area (Å²) in [6.45, 7) is 2.92. The van der Waals surface area contributed by atoms with Crippen LogP contribution in [0.1, 0.15) is 45.4 Å². The number of hydrogen-bond acceptors (Lipinski definition) is 5. The van der Waals surface area contributed by atoms with Crippen molar-refractivity contribution in [2.45, 2.75) is 45.4 Å². The fourth-order valence-electron chi connectivity index (χ4n) is 2.08. The summed E-state index contributed by atoms with van der Waals surface area (Å²) >= 11 is 0. The molecule has 2 N–H and O–H groups in total. The lowest BCUT2D eigenvalue weighted by Crippen LogP contribution is -2.03. The van der Waals surface area contributed by atoms with Crippen LogP contribution in [0.2, 0.25) is 0 Å². The molecule has 6 nitrogen and oxygen atoms in total. The molecule has 0 aromatic carbocycles. The van der Waals surface area contributed by atoms with Gasteiger partial charge in [-0.3, -0.25) is 5.10 Å². The van der Waals surface area contributed by atoms with Crippen LogP contribution in [-0.2, 0) is 0 Å². The highest BCUT2D eigenvalue weighted by Crippen LogP contribution is 2.22. The molecule has 2 aromatic heterocycles. The van der Waals surface area contributed by atoms with Crippen LogP contribution in [-0.4, -0.2) is 33.8 Å². The minimum Gasteiger partial charge on any atom is -0.477 e. The molecular formula is C14H23N5O. The SMILES string of the molecule is CCCCCCCCOc1nc(NC)nc2[nH]ncc12. The molecule has 6 heteroatoms. The third-order valence-corrected chi connectivity index (χ3v) is 3.24. The number of aromatic amines is 1. The van der Waals surface area contributed by atoms with Gasteiger partial charge < -0.3 is 10.1 Å². The number of H-pyrrole nitrogens is 1. The average molecular weight is 277 g/mol. The molecule has 110 valence electrons. The first-order valence-corrected chi connectivity index (χ1v) is 7.36. The van der Waals surface area contributed by atoms with Crippen LogP contribution < -0.4 is 10.1 Å². The number of anilines is 1. The van der Waals surface area contributed by atoms with Crippen molar-refractivity contribution >= 4 is 17.0 Å². The number of fused-ring (bicyclic) bond motifs is 1. The van der Waals surface area contributed by atoms with E-state index in [0.29, 0.717) is 24.1 Å². The summed E-state index contributed by atoms with van der Waals surface area (Å²) in [6.07, 6.45) is 9.17. The van der Waals surface area contributed by atoms with Gasteiger partial charge in [0.1, 0.15) is 5.39 Å². The number of nitrogens with zero attached hydrogens (tertiary/aromatic N) is 3. The summed E-state index contributed by atoms with van der Waals surface area (Å²) in [5.41, 5.74) is 0.697. The highest BCUT2D eigenvalue weighted by atomic mass is 16.5. The summed E-state index contributed by atoms with van der Waals surface area (Å²) in [5, 5.41) is 10.6. The van der Waals surface area contributed by atoms with Crippen LogP contribution in [0.25, 0.3) is 11.0 Å². The lowest BCUT2D eigenvalue weighted by molar-refractivity contribution is 0.297. The van der Waals surface area contributed by atoms with Gasteiger partial charge in [0.2, 0.25) is 11.8 Å². The predicted molar refractivity (Wildman–Crippen MR) is 80.1 cm³/mol. The summed E-state index contributed by atoms with van der Waals surface area (Å²) < 4.78 is 5.78. The van der Waals surface area contributed by atoms with Crippen molar-refractivity contribution in [3.8, 4) is 5.88 Å². The van der Waals surface area contributed by atoms with E-state index in [1.54, 1.807) is 13.2 Å². The Hall–Kier alpha value is -1.85. The van der Waals surface area contributed by atoms with E-state index < -0.39 is 0 Å². The zero-order valence-electron chi connectivity index (χ0n) is 12.3. The van der Waals surface area contributed by atoms with Gasteiger partial charge in [-0.15, -0.1) is 0 Å². The zero-order valence-corrected chi connectivity index (χ0v) is 12.3. The molecule has 0 saturated carbocycles. The smallest absolute Gasteiger partial charge is 0.229 e. The van der Waals surface area contributed by atoms with Crippen LogP contribution in [0.15, 0.2) is 6.20 Å². The van der Waals surface area contributed by atoms with Gasteiger partial charge in [-0.05, 0) is 6.42 Å². The number of nitrogens with one attached hydrogen (secondary N) is 2. The van der Waals surface area contributed by atoms with Gasteiger partial charge in [0.05, 0.1) is 12.8 Å². The Kier molecular flexibility index (Phi) is 5.58. The Morgan fingerprint density at radius 2 is 1.95 bits per heavy atom. The van der Waals surface area contributed by atoms with E-state index >= 15 is 0 Å². The van der Waals surface area contributed by atoms with Crippen LogP contribution in [0, 0.1) is 0 Å². The second-order valence-electron chi connectivity index (χ2n) is 4.85. The van der Waals surface area contributed by atoms with Gasteiger partial charge in [-0.1, -0.05) is 39.0 Å². The summed E-state index contributed by atoms with van der Waals surface area (Å²) in [7, 11) is 1.79. The molecular weight excluding hydrogens is 254 g/mol. The fraction of sp³-hybridized carbons (Fsp3) is 0.643. The molecule has 0 aliphatic carbocycles. The molecule has 0 aliphatic rings. The summed E-state index contributed by atoms with van der Waals surface area (Å²) in [5.74, 6) is 1.14. The van der Waals surface area contributed by atoms with Crippen molar-refractivity contribution in [1.29, 1.82) is 0 Å². The third-order valence-electron chi connectivity index (χ3n) is 3.24. The number of rotatable bonds is 9. The van der Waals surface area contributed by atoms with Gasteiger partial charge in [-0.25, -0.2) is 0 Å². The normalized spacial score (nSPS) is 10.9. The molecule has 2 heterocycles. The Labute approximate surface area is 119 Å². The van der Waals surface area contributed by atoms with E-state index in [4.69, 9.17) is 4.74 Å². The standard InChI is InChI=1S/C14H23N5O/c1-3-4-5-6-7-8-9-20-13-11-10-16-19-12(11)17-14(15-2)18-13/h10H,3-9H2,1-2H3,(H2,15,16,17,18,19). The van der Waals surface area contributed by atoms with E-state index in [9.17, 15) is 0 Å². The van der Waals surface area contributed by atoms with Gasteiger partial charge in [0.25, 0.3) is 0 Å². The quantitative estimate of drug-likeness (QED) is 0.689. The molecule has 0 amide bonds. The fourth-order valence-corrected chi connectivity index (χ4v) is 2.08. The molecule has 0 spiro atoms. The molecule has 0 unspecified atom stereocenters. The number of hydrogen-bond donors (Lipinski definition) is 2. The maximum Gasteiger partial charge on any atom is 0.229 e. The maximum absolute atomic E-state index is 5.78. The van der Waals surface area contributed by atoms with Crippen LogP contribution in [0.4, 0.5) is 5.95 Å². The lowest BCUT2D eigenvalue weighted by Gasteiger charge is -2.07. The molecule has 0 fully saturated rings. The van der Waals surface area contributed by atoms with Crippen molar-refractivity contribution in [1.82, 2.24) is 20.2 Å². The van der Waals surface area contributed by atoms with E-state index in [2.05, 4.69) is 32.4 Å². The second-order valence-corrected chi connectivity index (χ2v) is 4.85. The monoisotopic (exact) mass is 277 g/mol. The number of ether oxygens (including phenoxy) is 1. The lowest BCUT2D eigenvalue weighted by atomic mass is 10.1. The van der Waals surface area contributed by atoms with Crippen molar-refractivity contribution in [2.24, 2.45) is 0 Å². The van der Waals surface area contributed by atoms with Gasteiger partial charge in [-0.2, -0.15) is 15.1 Å². The molecule has 0 aliphatic heterocycles. The van der Waals surface area contributed by atoms with Gasteiger partial charge >= 0.3 is 0 Å². The molecule has 20 heavy (non-hydrogen) atoms. The first-order chi connectivity index (χ1) is 9.85. The van der Waals surface area contributed by atoms with Crippen molar-refractivity contribution in [2.75, 3.05) is 19.0 Å². The Balaban J connectivity index is 1.84. The Morgan fingerprint density at radius 1 is 1.15 bits per heavy atom. The highest BCUT2D eigenvalue weighted by Gasteiger charge is 2.09. The molecule has 0 atom stereocenters. The highest BCUT2D eigenvalue weighted by molar-refractivity contribution is 5.80. The van der Waals surface area contributed by atoms with E-state index in [1.165, 1.54) is 32.1 Å². The van der Waals surface area contributed by atoms with E-state index in [-0.39, 0.29) is 0 Å². The largest absolute Gasteiger partial charge is 0.477 e. The molecule has 2 aromatic rings. The minimum absolute atomic E-state index is 0.541. The second kappa shape index (κ2) is 7.67. The third kappa shape index (κ3) is 3.82. The van der Waals surface area contributed by atoms with E-state index in [1.807, 2.05) is 0 Å². The molecule has 0 saturated heterocycles. The number of aromatic nitrogens is 4. The van der Waals surface area contributed by atoms with Crippen molar-refractivity contribution < 1.29 is 4.74 Å². The first-order valence-electron chi connectivity index (χ1n) is 7.36. The Morgan fingerprint density at radius 3 is 2.75 bits per heavy atom. The van der Waals surface area contributed by atoms with E-state index in [0.717, 1.165) is 11.8 Å². The summed E-state index contributed by atoms with van der Waals surface area (Å²) in [4.78, 5) is 8.61. The van der Waals surface area contributed by atoms with Crippen LogP contribution >= 0.6 is 0 Å². The summed E-state index contributed by atoms with van der Waals surface area (Å²) in [6, 6.07) is 0. The maximum atomic E-state index is 5.78. The van der Waals surface area contributed by atoms with Crippen molar-refractivity contribution in [3.63, 3.8) is 0 Å². The van der Waals surface area contributed by atoms with Crippen LogP contribution in [0.3, 0.4) is 0 Å². The predicted octanol–water partition coefficient (Wildman–Crippen LogP) is 3.13. The molecule has 2 rings (SSSR count). The minimum atomic E-state index is 0.541. The average Bonchev–Trinajstić information content (AvgIpc) is 2.94. The Bertz CT molecular complexity index is 525. The van der Waals surface area contributed by atoms with Crippen LogP contribution in [0.5, 0.6) is 5.88 Å². The molecule has 0 bridgehead atoms. The van der Waals surface area contributed by atoms with Gasteiger partial charge in [0, 0.05) is 7.05 Å². The zero-order chi connectivity index (χ0) is 14.2. The first kappa shape index (κ1) is 14.6. The van der Waals surface area contributed by atoms with Crippen molar-refractivity contribution in [3.05, 3.63) is 6.20 Å².